The predicted molar refractivity (Wildman–Crippen MR) is 84.5 cm³/mol. The molecule has 2 rings (SSSR count). The lowest BCUT2D eigenvalue weighted by Gasteiger charge is -2.29. The van der Waals surface area contributed by atoms with Crippen molar-refractivity contribution in [2.75, 3.05) is 41.4 Å². The number of hydrogen-bond donors (Lipinski definition) is 1. The Kier molecular flexibility index (Phi) is 5.31. The Hall–Kier alpha value is -0.970. The number of nitrogens with zero attached hydrogens (tertiary/aromatic N) is 3. The van der Waals surface area contributed by atoms with Gasteiger partial charge in [-0.1, -0.05) is 6.92 Å². The van der Waals surface area contributed by atoms with Crippen LogP contribution >= 0.6 is 11.8 Å². The summed E-state index contributed by atoms with van der Waals surface area (Å²) in [5.41, 5.74) is 1.19. The Morgan fingerprint density at radius 2 is 1.95 bits per heavy atom. The maximum Gasteiger partial charge on any atom is 0.137 e. The summed E-state index contributed by atoms with van der Waals surface area (Å²) in [5, 5.41) is 3.37. The van der Waals surface area contributed by atoms with Crippen molar-refractivity contribution in [3.63, 3.8) is 0 Å². The molecule has 0 aromatic carbocycles. The molecule has 0 radical (unpaired) electrons. The summed E-state index contributed by atoms with van der Waals surface area (Å²) in [6.07, 6.45) is 2.04. The molecule has 1 fully saturated rings. The van der Waals surface area contributed by atoms with Gasteiger partial charge in [0, 0.05) is 43.1 Å². The number of aromatic nitrogens is 2. The van der Waals surface area contributed by atoms with Gasteiger partial charge in [0.25, 0.3) is 0 Å². The van der Waals surface area contributed by atoms with Gasteiger partial charge in [0.05, 0.1) is 0 Å². The Bertz CT molecular complexity index is 416. The zero-order chi connectivity index (χ0) is 13.7. The third-order valence-electron chi connectivity index (χ3n) is 3.29. The van der Waals surface area contributed by atoms with Crippen LogP contribution in [0, 0.1) is 6.92 Å². The van der Waals surface area contributed by atoms with Crippen LogP contribution in [0.3, 0.4) is 0 Å². The van der Waals surface area contributed by atoms with E-state index in [1.807, 2.05) is 11.8 Å². The monoisotopic (exact) mass is 280 g/mol. The largest absolute Gasteiger partial charge is 0.370 e. The van der Waals surface area contributed by atoms with Crippen molar-refractivity contribution in [2.45, 2.75) is 33.6 Å². The minimum atomic E-state index is 0.901. The van der Waals surface area contributed by atoms with Crippen LogP contribution in [0.15, 0.2) is 0 Å². The molecule has 106 valence electrons. The number of thioether (sulfide) groups is 1. The Morgan fingerprint density at radius 1 is 1.21 bits per heavy atom. The van der Waals surface area contributed by atoms with E-state index in [1.165, 1.54) is 17.1 Å². The average Bonchev–Trinajstić information content (AvgIpc) is 2.44. The van der Waals surface area contributed by atoms with Crippen molar-refractivity contribution in [2.24, 2.45) is 0 Å². The van der Waals surface area contributed by atoms with E-state index in [4.69, 9.17) is 4.98 Å². The second-order valence-electron chi connectivity index (χ2n) is 4.82. The molecule has 1 aromatic heterocycles. The molecular weight excluding hydrogens is 256 g/mol. The lowest BCUT2D eigenvalue weighted by Crippen LogP contribution is -2.34. The predicted octanol–water partition coefficient (Wildman–Crippen LogP) is 2.72. The maximum absolute atomic E-state index is 4.79. The quantitative estimate of drug-likeness (QED) is 0.898. The van der Waals surface area contributed by atoms with Crippen LogP contribution in [0.25, 0.3) is 0 Å². The second-order valence-corrected chi connectivity index (χ2v) is 6.04. The van der Waals surface area contributed by atoms with E-state index in [-0.39, 0.29) is 0 Å². The van der Waals surface area contributed by atoms with Crippen LogP contribution < -0.4 is 10.2 Å². The van der Waals surface area contributed by atoms with Crippen molar-refractivity contribution < 1.29 is 0 Å². The van der Waals surface area contributed by atoms with Crippen molar-refractivity contribution in [1.82, 2.24) is 9.97 Å². The highest BCUT2D eigenvalue weighted by Crippen LogP contribution is 2.26. The molecule has 1 N–H and O–H groups in total. The highest BCUT2D eigenvalue weighted by Gasteiger charge is 2.18. The van der Waals surface area contributed by atoms with Gasteiger partial charge in [-0.2, -0.15) is 11.8 Å². The third-order valence-corrected chi connectivity index (χ3v) is 4.24. The third kappa shape index (κ3) is 3.53. The SMILES string of the molecule is CCCc1nc(NCC)c(C)c(N2CCSCC2)n1. The van der Waals surface area contributed by atoms with Crippen LogP contribution in [-0.2, 0) is 6.42 Å². The normalized spacial score (nSPS) is 15.6. The van der Waals surface area contributed by atoms with Crippen LogP contribution in [0.2, 0.25) is 0 Å². The lowest BCUT2D eigenvalue weighted by molar-refractivity contribution is 0.788. The lowest BCUT2D eigenvalue weighted by atomic mass is 10.2. The van der Waals surface area contributed by atoms with Crippen LogP contribution in [0.1, 0.15) is 31.7 Å². The summed E-state index contributed by atoms with van der Waals surface area (Å²) in [6.45, 7) is 9.51. The first kappa shape index (κ1) is 14.4. The zero-order valence-electron chi connectivity index (χ0n) is 12.2. The van der Waals surface area contributed by atoms with Gasteiger partial charge in [-0.25, -0.2) is 9.97 Å². The fourth-order valence-electron chi connectivity index (χ4n) is 2.31. The van der Waals surface area contributed by atoms with Gasteiger partial charge in [0.1, 0.15) is 17.5 Å². The minimum Gasteiger partial charge on any atom is -0.370 e. The molecule has 1 aliphatic heterocycles. The summed E-state index contributed by atoms with van der Waals surface area (Å²) in [5.74, 6) is 5.51. The van der Waals surface area contributed by atoms with Crippen LogP contribution in [0.5, 0.6) is 0 Å². The van der Waals surface area contributed by atoms with Crippen molar-refractivity contribution in [1.29, 1.82) is 0 Å². The van der Waals surface area contributed by atoms with Gasteiger partial charge < -0.3 is 10.2 Å². The molecule has 1 aromatic rings. The van der Waals surface area contributed by atoms with Gasteiger partial charge in [-0.15, -0.1) is 0 Å². The van der Waals surface area contributed by atoms with E-state index in [2.05, 4.69) is 36.0 Å². The molecule has 5 heteroatoms. The van der Waals surface area contributed by atoms with Gasteiger partial charge in [0.2, 0.25) is 0 Å². The number of aryl methyl sites for hydroxylation is 1. The van der Waals surface area contributed by atoms with E-state index in [0.717, 1.165) is 49.9 Å². The molecule has 2 heterocycles. The molecule has 0 saturated carbocycles. The Balaban J connectivity index is 2.32. The first-order chi connectivity index (χ1) is 9.26. The van der Waals surface area contributed by atoms with Crippen molar-refractivity contribution in [3.8, 4) is 0 Å². The zero-order valence-corrected chi connectivity index (χ0v) is 13.0. The van der Waals surface area contributed by atoms with E-state index in [9.17, 15) is 0 Å². The average molecular weight is 280 g/mol. The molecule has 0 spiro atoms. The molecule has 19 heavy (non-hydrogen) atoms. The van der Waals surface area contributed by atoms with Crippen LogP contribution in [-0.4, -0.2) is 41.1 Å². The summed E-state index contributed by atoms with van der Waals surface area (Å²) in [6, 6.07) is 0. The molecule has 4 nitrogen and oxygen atoms in total. The molecule has 0 aliphatic carbocycles. The van der Waals surface area contributed by atoms with E-state index < -0.39 is 0 Å². The molecule has 1 aliphatic rings. The minimum absolute atomic E-state index is 0.901. The van der Waals surface area contributed by atoms with Crippen molar-refractivity contribution in [3.05, 3.63) is 11.4 Å². The molecule has 0 unspecified atom stereocenters. The maximum atomic E-state index is 4.79. The highest BCUT2D eigenvalue weighted by atomic mass is 32.2. The number of anilines is 2. The van der Waals surface area contributed by atoms with Gasteiger partial charge in [-0.3, -0.25) is 0 Å². The Labute approximate surface area is 120 Å². The standard InChI is InChI=1S/C14H24N4S/c1-4-6-12-16-13(15-5-2)11(3)14(17-12)18-7-9-19-10-8-18/h4-10H2,1-3H3,(H,15,16,17). The van der Waals surface area contributed by atoms with Gasteiger partial charge >= 0.3 is 0 Å². The number of hydrogen-bond acceptors (Lipinski definition) is 5. The molecule has 1 saturated heterocycles. The smallest absolute Gasteiger partial charge is 0.137 e. The van der Waals surface area contributed by atoms with E-state index in [0.29, 0.717) is 0 Å². The second kappa shape index (κ2) is 6.98. The number of nitrogens with one attached hydrogen (secondary N) is 1. The molecule has 0 amide bonds. The van der Waals surface area contributed by atoms with Gasteiger partial charge in [0.15, 0.2) is 0 Å². The summed E-state index contributed by atoms with van der Waals surface area (Å²) in [4.78, 5) is 11.9. The van der Waals surface area contributed by atoms with E-state index >= 15 is 0 Å². The highest BCUT2D eigenvalue weighted by molar-refractivity contribution is 7.99. The number of rotatable bonds is 5. The van der Waals surface area contributed by atoms with Crippen molar-refractivity contribution >= 4 is 23.4 Å². The van der Waals surface area contributed by atoms with E-state index in [1.54, 1.807) is 0 Å². The molecule has 0 bridgehead atoms. The summed E-state index contributed by atoms with van der Waals surface area (Å²) < 4.78 is 0. The molecular formula is C14H24N4S. The van der Waals surface area contributed by atoms with Gasteiger partial charge in [-0.05, 0) is 20.3 Å². The Morgan fingerprint density at radius 3 is 2.58 bits per heavy atom. The first-order valence-corrected chi connectivity index (χ1v) is 8.35. The summed E-state index contributed by atoms with van der Waals surface area (Å²) in [7, 11) is 0. The summed E-state index contributed by atoms with van der Waals surface area (Å²) >= 11 is 2.03. The fourth-order valence-corrected chi connectivity index (χ4v) is 3.21. The first-order valence-electron chi connectivity index (χ1n) is 7.20. The topological polar surface area (TPSA) is 41.1 Å². The fraction of sp³-hybridized carbons (Fsp3) is 0.714. The molecule has 0 atom stereocenters. The van der Waals surface area contributed by atoms with Crippen LogP contribution in [0.4, 0.5) is 11.6 Å².